The molecule has 0 aliphatic carbocycles. The van der Waals surface area contributed by atoms with Crippen LogP contribution < -0.4 is 4.74 Å². The number of halogens is 1. The lowest BCUT2D eigenvalue weighted by Gasteiger charge is -2.22. The van der Waals surface area contributed by atoms with Crippen LogP contribution in [0, 0.1) is 5.82 Å². The van der Waals surface area contributed by atoms with Crippen LogP contribution in [0.25, 0.3) is 16.6 Å². The molecule has 0 fully saturated rings. The number of ether oxygens (including phenoxy) is 1. The molecule has 0 radical (unpaired) electrons. The van der Waals surface area contributed by atoms with Gasteiger partial charge in [0.15, 0.2) is 0 Å². The monoisotopic (exact) mass is 373 g/mol. The van der Waals surface area contributed by atoms with Crippen LogP contribution in [0.5, 0.6) is 5.75 Å². The van der Waals surface area contributed by atoms with Crippen LogP contribution in [-0.4, -0.2) is 4.57 Å². The molecule has 0 amide bonds. The van der Waals surface area contributed by atoms with Gasteiger partial charge in [0.05, 0.1) is 5.52 Å². The lowest BCUT2D eigenvalue weighted by atomic mass is 9.92. The maximum atomic E-state index is 13.5. The normalized spacial score (nSPS) is 11.7. The number of nitrogens with zero attached hydrogens (tertiary/aromatic N) is 1. The predicted molar refractivity (Wildman–Crippen MR) is 113 cm³/mol. The molecule has 142 valence electrons. The van der Waals surface area contributed by atoms with E-state index in [9.17, 15) is 4.39 Å². The van der Waals surface area contributed by atoms with Gasteiger partial charge in [-0.1, -0.05) is 57.2 Å². The predicted octanol–water partition coefficient (Wildman–Crippen LogP) is 6.65. The van der Waals surface area contributed by atoms with Crippen LogP contribution >= 0.6 is 0 Å². The summed E-state index contributed by atoms with van der Waals surface area (Å²) in [5.41, 5.74) is 4.21. The van der Waals surface area contributed by atoms with E-state index in [-0.39, 0.29) is 11.2 Å². The molecule has 3 heteroatoms. The SMILES string of the molecule is CC(C)(C)c1cc2c(OCc3ccccc3)cccc2n1-c1ccc(F)cc1. The highest BCUT2D eigenvalue weighted by Gasteiger charge is 2.23. The fourth-order valence-electron chi connectivity index (χ4n) is 3.48. The molecule has 0 spiro atoms. The Hall–Kier alpha value is -3.07. The summed E-state index contributed by atoms with van der Waals surface area (Å²) in [6.45, 7) is 7.08. The molecular weight excluding hydrogens is 349 g/mol. The first-order chi connectivity index (χ1) is 13.4. The first kappa shape index (κ1) is 18.3. The van der Waals surface area contributed by atoms with E-state index in [1.165, 1.54) is 12.1 Å². The van der Waals surface area contributed by atoms with E-state index in [1.807, 2.05) is 42.5 Å². The Balaban J connectivity index is 1.83. The van der Waals surface area contributed by atoms with E-state index >= 15 is 0 Å². The summed E-state index contributed by atoms with van der Waals surface area (Å²) < 4.78 is 21.8. The van der Waals surface area contributed by atoms with Gasteiger partial charge < -0.3 is 9.30 Å². The molecule has 0 unspecified atom stereocenters. The van der Waals surface area contributed by atoms with E-state index in [1.54, 1.807) is 0 Å². The number of hydrogen-bond donors (Lipinski definition) is 0. The maximum absolute atomic E-state index is 13.5. The summed E-state index contributed by atoms with van der Waals surface area (Å²) in [6, 6.07) is 25.1. The van der Waals surface area contributed by atoms with E-state index in [0.717, 1.165) is 33.6 Å². The molecule has 2 nitrogen and oxygen atoms in total. The van der Waals surface area contributed by atoms with Crippen molar-refractivity contribution in [3.63, 3.8) is 0 Å². The van der Waals surface area contributed by atoms with Crippen LogP contribution in [0.2, 0.25) is 0 Å². The Morgan fingerprint density at radius 3 is 2.25 bits per heavy atom. The van der Waals surface area contributed by atoms with Crippen LogP contribution in [0.1, 0.15) is 32.0 Å². The van der Waals surface area contributed by atoms with Gasteiger partial charge in [-0.2, -0.15) is 0 Å². The van der Waals surface area contributed by atoms with Gasteiger partial charge in [-0.3, -0.25) is 0 Å². The minimum Gasteiger partial charge on any atom is -0.488 e. The molecule has 1 aromatic heterocycles. The van der Waals surface area contributed by atoms with Crippen LogP contribution in [0.15, 0.2) is 78.9 Å². The summed E-state index contributed by atoms with van der Waals surface area (Å²) in [5, 5.41) is 1.06. The van der Waals surface area contributed by atoms with E-state index in [2.05, 4.69) is 49.6 Å². The second-order valence-corrected chi connectivity index (χ2v) is 8.05. The largest absolute Gasteiger partial charge is 0.488 e. The van der Waals surface area contributed by atoms with Crippen molar-refractivity contribution in [3.8, 4) is 11.4 Å². The first-order valence-electron chi connectivity index (χ1n) is 9.51. The van der Waals surface area contributed by atoms with Crippen molar-refractivity contribution in [1.29, 1.82) is 0 Å². The van der Waals surface area contributed by atoms with Gasteiger partial charge in [0.2, 0.25) is 0 Å². The van der Waals surface area contributed by atoms with Gasteiger partial charge in [0.25, 0.3) is 0 Å². The van der Waals surface area contributed by atoms with Crippen LogP contribution in [-0.2, 0) is 12.0 Å². The summed E-state index contributed by atoms with van der Waals surface area (Å²) in [6.07, 6.45) is 0. The smallest absolute Gasteiger partial charge is 0.129 e. The third-order valence-electron chi connectivity index (χ3n) is 4.90. The van der Waals surface area contributed by atoms with Crippen molar-refractivity contribution in [2.75, 3.05) is 0 Å². The fourth-order valence-corrected chi connectivity index (χ4v) is 3.48. The Kier molecular flexibility index (Phi) is 4.68. The molecule has 0 atom stereocenters. The number of fused-ring (bicyclic) bond motifs is 1. The molecule has 0 aliphatic rings. The van der Waals surface area contributed by atoms with Gasteiger partial charge >= 0.3 is 0 Å². The lowest BCUT2D eigenvalue weighted by molar-refractivity contribution is 0.310. The first-order valence-corrected chi connectivity index (χ1v) is 9.51. The molecular formula is C25H24FNO. The third kappa shape index (κ3) is 3.53. The number of rotatable bonds is 4. The zero-order chi connectivity index (χ0) is 19.7. The Labute approximate surface area is 165 Å². The van der Waals surface area contributed by atoms with Gasteiger partial charge in [-0.15, -0.1) is 0 Å². The van der Waals surface area contributed by atoms with E-state index in [4.69, 9.17) is 4.74 Å². The number of hydrogen-bond acceptors (Lipinski definition) is 1. The highest BCUT2D eigenvalue weighted by molar-refractivity contribution is 5.89. The fraction of sp³-hybridized carbons (Fsp3) is 0.200. The van der Waals surface area contributed by atoms with E-state index < -0.39 is 0 Å². The standard InChI is InChI=1S/C25H24FNO/c1-25(2,3)24-16-21-22(27(24)20-14-12-19(26)13-15-20)10-7-11-23(21)28-17-18-8-5-4-6-9-18/h4-16H,17H2,1-3H3. The molecule has 28 heavy (non-hydrogen) atoms. The Bertz CT molecular complexity index is 1090. The van der Waals surface area contributed by atoms with Gasteiger partial charge in [-0.05, 0) is 48.0 Å². The molecule has 4 rings (SSSR count). The quantitative estimate of drug-likeness (QED) is 0.391. The zero-order valence-corrected chi connectivity index (χ0v) is 16.4. The summed E-state index contributed by atoms with van der Waals surface area (Å²) >= 11 is 0. The molecule has 1 heterocycles. The van der Waals surface area contributed by atoms with Gasteiger partial charge in [0.1, 0.15) is 18.2 Å². The molecule has 0 N–H and O–H groups in total. The van der Waals surface area contributed by atoms with Crippen molar-refractivity contribution in [2.24, 2.45) is 0 Å². The van der Waals surface area contributed by atoms with Crippen molar-refractivity contribution < 1.29 is 9.13 Å². The molecule has 3 aromatic carbocycles. The van der Waals surface area contributed by atoms with Crippen LogP contribution in [0.3, 0.4) is 0 Å². The van der Waals surface area contributed by atoms with Crippen LogP contribution in [0.4, 0.5) is 4.39 Å². The summed E-state index contributed by atoms with van der Waals surface area (Å²) in [5.74, 6) is 0.622. The summed E-state index contributed by atoms with van der Waals surface area (Å²) in [7, 11) is 0. The van der Waals surface area contributed by atoms with Crippen molar-refractivity contribution in [1.82, 2.24) is 4.57 Å². The molecule has 0 bridgehead atoms. The van der Waals surface area contributed by atoms with Crippen molar-refractivity contribution >= 4 is 10.9 Å². The van der Waals surface area contributed by atoms with Crippen molar-refractivity contribution in [2.45, 2.75) is 32.8 Å². The summed E-state index contributed by atoms with van der Waals surface area (Å²) in [4.78, 5) is 0. The second-order valence-electron chi connectivity index (χ2n) is 8.05. The highest BCUT2D eigenvalue weighted by Crippen LogP contribution is 2.36. The molecule has 0 saturated heterocycles. The van der Waals surface area contributed by atoms with Crippen molar-refractivity contribution in [3.05, 3.63) is 95.9 Å². The molecule has 4 aromatic rings. The molecule has 0 aliphatic heterocycles. The average molecular weight is 373 g/mol. The van der Waals surface area contributed by atoms with Gasteiger partial charge in [-0.25, -0.2) is 4.39 Å². The number of aromatic nitrogens is 1. The van der Waals surface area contributed by atoms with Gasteiger partial charge in [0, 0.05) is 22.2 Å². The topological polar surface area (TPSA) is 14.2 Å². The minimum atomic E-state index is -0.232. The highest BCUT2D eigenvalue weighted by atomic mass is 19.1. The second kappa shape index (κ2) is 7.16. The number of benzene rings is 3. The zero-order valence-electron chi connectivity index (χ0n) is 16.4. The minimum absolute atomic E-state index is 0.0793. The Morgan fingerprint density at radius 2 is 1.57 bits per heavy atom. The van der Waals surface area contributed by atoms with E-state index in [0.29, 0.717) is 6.61 Å². The molecule has 0 saturated carbocycles. The maximum Gasteiger partial charge on any atom is 0.129 e. The Morgan fingerprint density at radius 1 is 0.857 bits per heavy atom. The average Bonchev–Trinajstić information content (AvgIpc) is 3.08. The third-order valence-corrected chi connectivity index (χ3v) is 4.90. The lowest BCUT2D eigenvalue weighted by Crippen LogP contribution is -2.16.